The maximum atomic E-state index is 12.4. The molecule has 2 heterocycles. The van der Waals surface area contributed by atoms with Crippen molar-refractivity contribution >= 4 is 15.8 Å². The van der Waals surface area contributed by atoms with E-state index in [1.807, 2.05) is 0 Å². The van der Waals surface area contributed by atoms with Gasteiger partial charge in [0.05, 0.1) is 16.9 Å². The van der Waals surface area contributed by atoms with E-state index in [1.165, 1.54) is 68.1 Å². The summed E-state index contributed by atoms with van der Waals surface area (Å²) in [6.07, 6.45) is 19.5. The summed E-state index contributed by atoms with van der Waals surface area (Å²) >= 11 is 0. The van der Waals surface area contributed by atoms with Crippen LogP contribution < -0.4 is 5.32 Å². The first-order valence-electron chi connectivity index (χ1n) is 20.5. The Morgan fingerprint density at radius 2 is 1.76 bits per heavy atom. The zero-order valence-corrected chi connectivity index (χ0v) is 32.8. The Morgan fingerprint density at radius 3 is 2.40 bits per heavy atom. The summed E-state index contributed by atoms with van der Waals surface area (Å²) in [4.78, 5) is 14.2. The third kappa shape index (κ3) is 4.96. The molecule has 278 valence electrons. The minimum absolute atomic E-state index is 0.0924. The molecule has 2 N–H and O–H groups in total. The van der Waals surface area contributed by atoms with Crippen LogP contribution in [0.5, 0.6) is 0 Å². The van der Waals surface area contributed by atoms with Crippen molar-refractivity contribution in [3.8, 4) is 0 Å². The average Bonchev–Trinajstić information content (AvgIpc) is 3.72. The number of aliphatic carboxylic acids is 1. The highest BCUT2D eigenvalue weighted by molar-refractivity contribution is 7.92. The van der Waals surface area contributed by atoms with E-state index in [0.29, 0.717) is 52.6 Å². The van der Waals surface area contributed by atoms with Gasteiger partial charge in [-0.1, -0.05) is 58.9 Å². The van der Waals surface area contributed by atoms with E-state index in [4.69, 9.17) is 0 Å². The molecule has 2 saturated heterocycles. The number of carboxylic acid groups (broad SMARTS) is 1. The van der Waals surface area contributed by atoms with Gasteiger partial charge in [0, 0.05) is 31.2 Å². The highest BCUT2D eigenvalue weighted by atomic mass is 32.2. The summed E-state index contributed by atoms with van der Waals surface area (Å²) in [5.41, 5.74) is 5.47. The SMILES string of the molecule is C=C(C)[C@@H]1CC[C@]2(NCCN3C[C@@H]4C[C@H]3CS4(=O)=O)CC[C@]3(C)[C@H](CC[C@@H]4[C@@]5(C)CC=C(C6=CCC(C(=O)O)CC6)C(C)(C)[C@@H]5CC[C@]43C)[C@@H]12. The second kappa shape index (κ2) is 11.8. The Balaban J connectivity index is 1.04. The van der Waals surface area contributed by atoms with Gasteiger partial charge in [0.2, 0.25) is 0 Å². The third-order valence-electron chi connectivity index (χ3n) is 18.0. The van der Waals surface area contributed by atoms with Gasteiger partial charge in [-0.05, 0) is 153 Å². The van der Waals surface area contributed by atoms with Crippen molar-refractivity contribution in [2.75, 3.05) is 25.4 Å². The molecule has 0 radical (unpaired) electrons. The van der Waals surface area contributed by atoms with Gasteiger partial charge in [0.25, 0.3) is 0 Å². The molecule has 0 aromatic heterocycles. The third-order valence-corrected chi connectivity index (χ3v) is 20.3. The van der Waals surface area contributed by atoms with Crippen LogP contribution in [0, 0.1) is 57.2 Å². The van der Waals surface area contributed by atoms with Crippen LogP contribution in [0.4, 0.5) is 0 Å². The highest BCUT2D eigenvalue weighted by Crippen LogP contribution is 2.76. The van der Waals surface area contributed by atoms with Gasteiger partial charge in [-0.2, -0.15) is 0 Å². The molecule has 0 aromatic carbocycles. The Morgan fingerprint density at radius 1 is 0.980 bits per heavy atom. The molecule has 1 unspecified atom stereocenters. The standard InChI is InChI=1S/C43H66N2O4S/c1-27(2)32-14-19-43(44-22-23-45-25-31-24-30(45)26-50(31,48)49)21-20-41(6)34(37(32)43)12-13-36-40(5)17-15-33(28-8-10-29(11-9-28)38(46)47)39(3,4)35(40)16-18-42(36,41)7/h8,15,29-32,34-37,44H,1,9-14,16-26H2,2-7H3,(H,46,47)/t29?,30-,31-,32-,34+,35-,36+,37+,40-,41+,42+,43-/m0/s1. The van der Waals surface area contributed by atoms with Crippen molar-refractivity contribution in [1.29, 1.82) is 0 Å². The molecule has 7 heteroatoms. The number of carbonyl (C=O) groups is 1. The summed E-state index contributed by atoms with van der Waals surface area (Å²) in [5.74, 6) is 2.74. The fourth-order valence-corrected chi connectivity index (χ4v) is 17.5. The number of allylic oxidation sites excluding steroid dienone is 5. The number of sulfone groups is 1. The number of carboxylic acids is 1. The molecular weight excluding hydrogens is 641 g/mol. The van der Waals surface area contributed by atoms with Crippen LogP contribution in [0.25, 0.3) is 0 Å². The van der Waals surface area contributed by atoms with E-state index in [0.717, 1.165) is 45.3 Å². The van der Waals surface area contributed by atoms with Gasteiger partial charge in [0.1, 0.15) is 0 Å². The molecule has 2 bridgehead atoms. The van der Waals surface area contributed by atoms with Crippen LogP contribution in [-0.4, -0.2) is 66.6 Å². The number of hydrogen-bond acceptors (Lipinski definition) is 5. The molecule has 0 spiro atoms. The van der Waals surface area contributed by atoms with Gasteiger partial charge >= 0.3 is 5.97 Å². The quantitative estimate of drug-likeness (QED) is 0.260. The summed E-state index contributed by atoms with van der Waals surface area (Å²) in [5, 5.41) is 13.7. The van der Waals surface area contributed by atoms with Crippen molar-refractivity contribution in [2.45, 2.75) is 142 Å². The zero-order valence-electron chi connectivity index (χ0n) is 32.0. The van der Waals surface area contributed by atoms with E-state index in [-0.39, 0.29) is 33.6 Å². The number of likely N-dealkylation sites (tertiary alicyclic amines) is 1. The first kappa shape index (κ1) is 35.6. The minimum atomic E-state index is -2.86. The molecule has 50 heavy (non-hydrogen) atoms. The maximum absolute atomic E-state index is 12.4. The van der Waals surface area contributed by atoms with Gasteiger partial charge in [-0.3, -0.25) is 9.69 Å². The first-order chi connectivity index (χ1) is 23.5. The largest absolute Gasteiger partial charge is 0.481 e. The van der Waals surface area contributed by atoms with E-state index < -0.39 is 15.8 Å². The molecule has 4 saturated carbocycles. The smallest absolute Gasteiger partial charge is 0.306 e. The molecule has 2 aliphatic heterocycles. The van der Waals surface area contributed by atoms with E-state index in [9.17, 15) is 18.3 Å². The van der Waals surface area contributed by atoms with Gasteiger partial charge in [-0.25, -0.2) is 8.42 Å². The average molecular weight is 707 g/mol. The monoisotopic (exact) mass is 706 g/mol. The summed E-state index contributed by atoms with van der Waals surface area (Å²) in [6.45, 7) is 22.7. The predicted octanol–water partition coefficient (Wildman–Crippen LogP) is 8.20. The van der Waals surface area contributed by atoms with Crippen LogP contribution in [0.2, 0.25) is 0 Å². The zero-order chi connectivity index (χ0) is 35.6. The van der Waals surface area contributed by atoms with Crippen molar-refractivity contribution < 1.29 is 18.3 Å². The lowest BCUT2D eigenvalue weighted by Gasteiger charge is -2.72. The molecule has 6 aliphatic carbocycles. The lowest BCUT2D eigenvalue weighted by Crippen LogP contribution is -2.68. The second-order valence-electron chi connectivity index (χ2n) is 20.2. The molecule has 0 aromatic rings. The topological polar surface area (TPSA) is 86.7 Å². The van der Waals surface area contributed by atoms with Crippen molar-refractivity contribution in [3.05, 3.63) is 35.5 Å². The van der Waals surface area contributed by atoms with Gasteiger partial charge in [-0.15, -0.1) is 0 Å². The molecule has 6 fully saturated rings. The molecule has 8 aliphatic rings. The maximum Gasteiger partial charge on any atom is 0.306 e. The Labute approximate surface area is 303 Å². The van der Waals surface area contributed by atoms with Crippen LogP contribution in [0.3, 0.4) is 0 Å². The molecule has 0 amide bonds. The lowest BCUT2D eigenvalue weighted by molar-refractivity contribution is -0.221. The Bertz CT molecular complexity index is 1610. The fraction of sp³-hybridized carbons (Fsp3) is 0.837. The second-order valence-corrected chi connectivity index (χ2v) is 22.5. The molecule has 6 nitrogen and oxygen atoms in total. The number of nitrogens with zero attached hydrogens (tertiary/aromatic N) is 1. The van der Waals surface area contributed by atoms with Crippen molar-refractivity contribution in [1.82, 2.24) is 10.2 Å². The summed E-state index contributed by atoms with van der Waals surface area (Å²) in [6, 6.07) is 0.229. The first-order valence-corrected chi connectivity index (χ1v) is 22.2. The molecule has 12 atom stereocenters. The number of nitrogens with one attached hydrogen (secondary N) is 1. The van der Waals surface area contributed by atoms with Crippen LogP contribution >= 0.6 is 0 Å². The van der Waals surface area contributed by atoms with Crippen molar-refractivity contribution in [2.24, 2.45) is 57.2 Å². The summed E-state index contributed by atoms with van der Waals surface area (Å²) < 4.78 is 24.8. The molecular formula is C43H66N2O4S. The summed E-state index contributed by atoms with van der Waals surface area (Å²) in [7, 11) is -2.86. The van der Waals surface area contributed by atoms with E-state index >= 15 is 0 Å². The molecule has 8 rings (SSSR count). The fourth-order valence-electron chi connectivity index (χ4n) is 15.4. The van der Waals surface area contributed by atoms with E-state index in [2.05, 4.69) is 70.5 Å². The van der Waals surface area contributed by atoms with Crippen molar-refractivity contribution in [3.63, 3.8) is 0 Å². The Hall–Kier alpha value is -1.44. The number of rotatable bonds is 7. The number of fused-ring (bicyclic) bond motifs is 9. The lowest BCUT2D eigenvalue weighted by atomic mass is 9.33. The number of hydrogen-bond donors (Lipinski definition) is 2. The normalized spacial score (nSPS) is 48.8. The predicted molar refractivity (Wildman–Crippen MR) is 201 cm³/mol. The van der Waals surface area contributed by atoms with Gasteiger partial charge in [0.15, 0.2) is 9.84 Å². The van der Waals surface area contributed by atoms with Crippen LogP contribution in [0.1, 0.15) is 125 Å². The van der Waals surface area contributed by atoms with Crippen LogP contribution in [-0.2, 0) is 14.6 Å². The highest BCUT2D eigenvalue weighted by Gasteiger charge is 2.70. The minimum Gasteiger partial charge on any atom is -0.481 e. The Kier molecular flexibility index (Phi) is 8.38. The van der Waals surface area contributed by atoms with E-state index in [1.54, 1.807) is 0 Å². The van der Waals surface area contributed by atoms with Crippen LogP contribution in [0.15, 0.2) is 35.5 Å². The van der Waals surface area contributed by atoms with Gasteiger partial charge < -0.3 is 10.4 Å².